The molecule has 0 radical (unpaired) electrons. The fourth-order valence-electron chi connectivity index (χ4n) is 1.42. The molecule has 0 N–H and O–H groups in total. The van der Waals surface area contributed by atoms with Gasteiger partial charge < -0.3 is 9.53 Å². The summed E-state index contributed by atoms with van der Waals surface area (Å²) in [6.07, 6.45) is 6.24. The van der Waals surface area contributed by atoms with Crippen LogP contribution in [0.5, 0.6) is 0 Å². The van der Waals surface area contributed by atoms with Crippen LogP contribution in [0.25, 0.3) is 0 Å². The summed E-state index contributed by atoms with van der Waals surface area (Å²) in [6.45, 7) is 1.88. The van der Waals surface area contributed by atoms with Crippen LogP contribution in [0.1, 0.15) is 13.3 Å². The van der Waals surface area contributed by atoms with E-state index in [1.165, 1.54) is 7.11 Å². The molecule has 0 aliphatic heterocycles. The molecule has 1 aliphatic rings. The minimum Gasteiger partial charge on any atom is -0.468 e. The number of allylic oxidation sites excluding steroid dienone is 3. The number of rotatable bonds is 2. The Balaban J connectivity index is 2.97. The Kier molecular flexibility index (Phi) is 2.66. The highest BCUT2D eigenvalue weighted by Gasteiger charge is 2.38. The molecular formula is C10H12O3. The summed E-state index contributed by atoms with van der Waals surface area (Å²) in [5, 5.41) is 0. The molecule has 0 saturated heterocycles. The van der Waals surface area contributed by atoms with Crippen molar-refractivity contribution >= 4 is 12.3 Å². The quantitative estimate of drug-likeness (QED) is 0.365. The van der Waals surface area contributed by atoms with Crippen LogP contribution in [-0.4, -0.2) is 19.4 Å². The zero-order valence-corrected chi connectivity index (χ0v) is 7.74. The Bertz CT molecular complexity index is 289. The van der Waals surface area contributed by atoms with E-state index in [9.17, 15) is 9.59 Å². The maximum Gasteiger partial charge on any atom is 0.323 e. The minimum absolute atomic E-state index is 0.416. The van der Waals surface area contributed by atoms with Gasteiger partial charge >= 0.3 is 5.97 Å². The Morgan fingerprint density at radius 2 is 2.38 bits per heavy atom. The lowest BCUT2D eigenvalue weighted by Crippen LogP contribution is -2.33. The van der Waals surface area contributed by atoms with Gasteiger partial charge in [-0.3, -0.25) is 4.79 Å². The monoisotopic (exact) mass is 180 g/mol. The minimum atomic E-state index is -1.09. The standard InChI is InChI=1S/C10H12O3/c1-8-4-3-5-10(6-8,7-11)9(12)13-2/h3-5,7H,6H2,1-2H3. The van der Waals surface area contributed by atoms with Crippen molar-refractivity contribution in [2.45, 2.75) is 13.3 Å². The lowest BCUT2D eigenvalue weighted by atomic mass is 9.80. The largest absolute Gasteiger partial charge is 0.468 e. The Morgan fingerprint density at radius 1 is 1.69 bits per heavy atom. The topological polar surface area (TPSA) is 43.4 Å². The van der Waals surface area contributed by atoms with Crippen LogP contribution < -0.4 is 0 Å². The van der Waals surface area contributed by atoms with Crippen LogP contribution in [0.2, 0.25) is 0 Å². The van der Waals surface area contributed by atoms with E-state index in [4.69, 9.17) is 0 Å². The van der Waals surface area contributed by atoms with Gasteiger partial charge in [0, 0.05) is 0 Å². The van der Waals surface area contributed by atoms with Crippen molar-refractivity contribution < 1.29 is 14.3 Å². The average molecular weight is 180 g/mol. The van der Waals surface area contributed by atoms with Crippen molar-refractivity contribution in [2.24, 2.45) is 5.41 Å². The Morgan fingerprint density at radius 3 is 2.85 bits per heavy atom. The van der Waals surface area contributed by atoms with Gasteiger partial charge in [-0.05, 0) is 13.3 Å². The van der Waals surface area contributed by atoms with Crippen LogP contribution in [0.4, 0.5) is 0 Å². The number of methoxy groups -OCH3 is 1. The molecule has 0 spiro atoms. The van der Waals surface area contributed by atoms with Crippen molar-refractivity contribution in [3.8, 4) is 0 Å². The average Bonchev–Trinajstić information content (AvgIpc) is 2.16. The highest BCUT2D eigenvalue weighted by atomic mass is 16.5. The molecule has 0 saturated carbocycles. The normalized spacial score (nSPS) is 26.5. The molecule has 0 heterocycles. The highest BCUT2D eigenvalue weighted by molar-refractivity contribution is 5.96. The lowest BCUT2D eigenvalue weighted by Gasteiger charge is -2.23. The summed E-state index contributed by atoms with van der Waals surface area (Å²) in [5.41, 5.74) is -0.0897. The molecule has 3 nitrogen and oxygen atoms in total. The third-order valence-electron chi connectivity index (χ3n) is 2.12. The van der Waals surface area contributed by atoms with Crippen LogP contribution in [0.15, 0.2) is 23.8 Å². The second kappa shape index (κ2) is 3.56. The van der Waals surface area contributed by atoms with Gasteiger partial charge in [-0.2, -0.15) is 0 Å². The molecule has 1 rings (SSSR count). The molecule has 3 heteroatoms. The Hall–Kier alpha value is -1.38. The third kappa shape index (κ3) is 1.69. The van der Waals surface area contributed by atoms with E-state index in [0.717, 1.165) is 5.57 Å². The molecule has 70 valence electrons. The van der Waals surface area contributed by atoms with Crippen LogP contribution in [0.3, 0.4) is 0 Å². The molecule has 1 aliphatic carbocycles. The predicted octanol–water partition coefficient (Wildman–Crippen LogP) is 1.25. The van der Waals surface area contributed by atoms with Crippen molar-refractivity contribution in [1.29, 1.82) is 0 Å². The van der Waals surface area contributed by atoms with Crippen molar-refractivity contribution in [3.63, 3.8) is 0 Å². The van der Waals surface area contributed by atoms with Gasteiger partial charge in [-0.25, -0.2) is 0 Å². The van der Waals surface area contributed by atoms with E-state index in [1.54, 1.807) is 12.2 Å². The molecular weight excluding hydrogens is 168 g/mol. The lowest BCUT2D eigenvalue weighted by molar-refractivity contribution is -0.151. The molecule has 13 heavy (non-hydrogen) atoms. The maximum atomic E-state index is 11.3. The molecule has 0 aromatic heterocycles. The van der Waals surface area contributed by atoms with Gasteiger partial charge in [0.1, 0.15) is 11.7 Å². The number of carbonyl (C=O) groups is 2. The number of aldehydes is 1. The van der Waals surface area contributed by atoms with Crippen LogP contribution >= 0.6 is 0 Å². The van der Waals surface area contributed by atoms with E-state index >= 15 is 0 Å². The van der Waals surface area contributed by atoms with E-state index in [0.29, 0.717) is 12.7 Å². The number of esters is 1. The summed E-state index contributed by atoms with van der Waals surface area (Å²) >= 11 is 0. The first-order chi connectivity index (χ1) is 6.14. The van der Waals surface area contributed by atoms with E-state index in [1.807, 2.05) is 13.0 Å². The van der Waals surface area contributed by atoms with E-state index in [2.05, 4.69) is 4.74 Å². The van der Waals surface area contributed by atoms with E-state index < -0.39 is 11.4 Å². The van der Waals surface area contributed by atoms with Gasteiger partial charge in [0.05, 0.1) is 7.11 Å². The second-order valence-electron chi connectivity index (χ2n) is 3.20. The van der Waals surface area contributed by atoms with E-state index in [-0.39, 0.29) is 0 Å². The Labute approximate surface area is 77.1 Å². The first-order valence-corrected chi connectivity index (χ1v) is 4.04. The third-order valence-corrected chi connectivity index (χ3v) is 2.12. The fourth-order valence-corrected chi connectivity index (χ4v) is 1.42. The molecule has 0 fully saturated rings. The first-order valence-electron chi connectivity index (χ1n) is 4.04. The van der Waals surface area contributed by atoms with Crippen LogP contribution in [-0.2, 0) is 14.3 Å². The summed E-state index contributed by atoms with van der Waals surface area (Å²) in [4.78, 5) is 22.2. The molecule has 1 unspecified atom stereocenters. The number of hydrogen-bond acceptors (Lipinski definition) is 3. The second-order valence-corrected chi connectivity index (χ2v) is 3.20. The van der Waals surface area contributed by atoms with Gasteiger partial charge in [0.15, 0.2) is 0 Å². The van der Waals surface area contributed by atoms with Gasteiger partial charge in [-0.15, -0.1) is 0 Å². The molecule has 0 aromatic carbocycles. The first kappa shape index (κ1) is 9.71. The smallest absolute Gasteiger partial charge is 0.323 e. The van der Waals surface area contributed by atoms with Gasteiger partial charge in [-0.1, -0.05) is 23.8 Å². The number of hydrogen-bond donors (Lipinski definition) is 0. The van der Waals surface area contributed by atoms with Gasteiger partial charge in [0.2, 0.25) is 0 Å². The maximum absolute atomic E-state index is 11.3. The molecule has 0 amide bonds. The predicted molar refractivity (Wildman–Crippen MR) is 48.0 cm³/mol. The summed E-state index contributed by atoms with van der Waals surface area (Å²) in [7, 11) is 1.29. The number of carbonyl (C=O) groups excluding carboxylic acids is 2. The molecule has 0 aromatic rings. The summed E-state index contributed by atoms with van der Waals surface area (Å²) < 4.78 is 4.58. The zero-order valence-electron chi connectivity index (χ0n) is 7.74. The highest BCUT2D eigenvalue weighted by Crippen LogP contribution is 2.30. The summed E-state index contributed by atoms with van der Waals surface area (Å²) in [5.74, 6) is -0.494. The fraction of sp³-hybridized carbons (Fsp3) is 0.400. The van der Waals surface area contributed by atoms with Crippen LogP contribution in [0, 0.1) is 5.41 Å². The van der Waals surface area contributed by atoms with Crippen molar-refractivity contribution in [1.82, 2.24) is 0 Å². The molecule has 0 bridgehead atoms. The summed E-state index contributed by atoms with van der Waals surface area (Å²) in [6, 6.07) is 0. The van der Waals surface area contributed by atoms with Crippen molar-refractivity contribution in [2.75, 3.05) is 7.11 Å². The SMILES string of the molecule is COC(=O)C1(C=O)C=CC=C(C)C1. The number of ether oxygens (including phenoxy) is 1. The zero-order chi connectivity index (χ0) is 9.90. The van der Waals surface area contributed by atoms with Gasteiger partial charge in [0.25, 0.3) is 0 Å². The van der Waals surface area contributed by atoms with Crippen molar-refractivity contribution in [3.05, 3.63) is 23.8 Å². The molecule has 1 atom stereocenters.